The Balaban J connectivity index is 1.81. The molecule has 0 saturated heterocycles. The first-order chi connectivity index (χ1) is 22.6. The zero-order valence-electron chi connectivity index (χ0n) is 26.9. The monoisotopic (exact) mass is 721 g/mol. The van der Waals surface area contributed by atoms with E-state index in [1.165, 1.54) is 37.3 Å². The quantitative estimate of drug-likeness (QED) is 0.156. The van der Waals surface area contributed by atoms with Gasteiger partial charge in [-0.15, -0.1) is 0 Å². The predicted octanol–water partition coefficient (Wildman–Crippen LogP) is 6.22. The maximum Gasteiger partial charge on any atom is 0.264 e. The molecule has 0 spiro atoms. The zero-order chi connectivity index (χ0) is 34.0. The maximum atomic E-state index is 14.6. The van der Waals surface area contributed by atoms with E-state index in [1.54, 1.807) is 30.3 Å². The number of hydrogen-bond acceptors (Lipinski definition) is 6. The fourth-order valence-electron chi connectivity index (χ4n) is 5.05. The van der Waals surface area contributed by atoms with Gasteiger partial charge in [0.2, 0.25) is 11.8 Å². The second kappa shape index (κ2) is 16.5. The van der Waals surface area contributed by atoms with Crippen LogP contribution in [0.4, 0.5) is 5.69 Å². The molecular weight excluding hydrogens is 682 g/mol. The highest BCUT2D eigenvalue weighted by molar-refractivity contribution is 9.10. The third-order valence-electron chi connectivity index (χ3n) is 7.78. The molecule has 2 amide bonds. The van der Waals surface area contributed by atoms with Crippen LogP contribution in [-0.4, -0.2) is 58.0 Å². The fourth-order valence-corrected chi connectivity index (χ4v) is 6.93. The van der Waals surface area contributed by atoms with Gasteiger partial charge in [0.1, 0.15) is 12.6 Å². The van der Waals surface area contributed by atoms with E-state index in [0.29, 0.717) is 17.9 Å². The third-order valence-corrected chi connectivity index (χ3v) is 10.0. The van der Waals surface area contributed by atoms with Crippen LogP contribution < -0.4 is 19.1 Å². The summed E-state index contributed by atoms with van der Waals surface area (Å²) in [5.41, 5.74) is 1.93. The molecule has 0 heterocycles. The molecule has 4 aromatic carbocycles. The Labute approximate surface area is 285 Å². The lowest BCUT2D eigenvalue weighted by Crippen LogP contribution is -2.54. The minimum atomic E-state index is -4.31. The molecule has 0 aliphatic rings. The SMILES string of the molecule is CC[C@H](C)NC(=O)[C@@H](Cc1ccccc1)N(Cc1cccc(Br)c1)C(=O)CN(c1ccccc1)S(=O)(=O)c1ccc(OC)c(OC)c1. The molecule has 4 rings (SSSR count). The number of ether oxygens (including phenoxy) is 2. The van der Waals surface area contributed by atoms with Crippen molar-refractivity contribution in [2.75, 3.05) is 25.1 Å². The summed E-state index contributed by atoms with van der Waals surface area (Å²) in [6, 6.07) is 28.6. The first kappa shape index (κ1) is 35.5. The van der Waals surface area contributed by atoms with E-state index in [-0.39, 0.29) is 35.6 Å². The summed E-state index contributed by atoms with van der Waals surface area (Å²) in [5, 5.41) is 3.05. The number of para-hydroxylation sites is 1. The highest BCUT2D eigenvalue weighted by atomic mass is 79.9. The number of amides is 2. The minimum Gasteiger partial charge on any atom is -0.493 e. The van der Waals surface area contributed by atoms with Gasteiger partial charge in [0.25, 0.3) is 10.0 Å². The summed E-state index contributed by atoms with van der Waals surface area (Å²) >= 11 is 3.51. The third kappa shape index (κ3) is 9.14. The summed E-state index contributed by atoms with van der Waals surface area (Å²) in [6.07, 6.45) is 0.936. The molecule has 0 aliphatic carbocycles. The predicted molar refractivity (Wildman–Crippen MR) is 187 cm³/mol. The average Bonchev–Trinajstić information content (AvgIpc) is 3.08. The van der Waals surface area contributed by atoms with Crippen molar-refractivity contribution in [3.05, 3.63) is 119 Å². The van der Waals surface area contributed by atoms with Crippen molar-refractivity contribution in [2.45, 2.75) is 50.2 Å². The van der Waals surface area contributed by atoms with Crippen molar-refractivity contribution in [1.82, 2.24) is 10.2 Å². The largest absolute Gasteiger partial charge is 0.493 e. The van der Waals surface area contributed by atoms with Gasteiger partial charge < -0.3 is 19.7 Å². The van der Waals surface area contributed by atoms with Crippen LogP contribution in [0, 0.1) is 0 Å². The van der Waals surface area contributed by atoms with Crippen LogP contribution in [0.5, 0.6) is 11.5 Å². The lowest BCUT2D eigenvalue weighted by atomic mass is 10.0. The van der Waals surface area contributed by atoms with Gasteiger partial charge in [-0.3, -0.25) is 13.9 Å². The lowest BCUT2D eigenvalue weighted by molar-refractivity contribution is -0.140. The molecule has 4 aromatic rings. The van der Waals surface area contributed by atoms with Crippen molar-refractivity contribution >= 4 is 43.5 Å². The Kier molecular flexibility index (Phi) is 12.4. The van der Waals surface area contributed by atoms with Crippen LogP contribution in [0.2, 0.25) is 0 Å². The number of sulfonamides is 1. The lowest BCUT2D eigenvalue weighted by Gasteiger charge is -2.34. The maximum absolute atomic E-state index is 14.6. The number of hydrogen-bond donors (Lipinski definition) is 1. The van der Waals surface area contributed by atoms with E-state index < -0.39 is 28.5 Å². The van der Waals surface area contributed by atoms with Gasteiger partial charge in [0, 0.05) is 29.5 Å². The van der Waals surface area contributed by atoms with Crippen molar-refractivity contribution in [2.24, 2.45) is 0 Å². The molecule has 47 heavy (non-hydrogen) atoms. The summed E-state index contributed by atoms with van der Waals surface area (Å²) in [4.78, 5) is 29.9. The molecule has 0 unspecified atom stereocenters. The van der Waals surface area contributed by atoms with Gasteiger partial charge in [-0.05, 0) is 60.9 Å². The van der Waals surface area contributed by atoms with E-state index >= 15 is 0 Å². The van der Waals surface area contributed by atoms with E-state index in [4.69, 9.17) is 9.47 Å². The van der Waals surface area contributed by atoms with Crippen LogP contribution in [0.1, 0.15) is 31.4 Å². The second-order valence-corrected chi connectivity index (χ2v) is 13.8. The van der Waals surface area contributed by atoms with Crippen molar-refractivity contribution in [1.29, 1.82) is 0 Å². The standard InChI is InChI=1S/C36H40BrN3O6S/c1-5-26(2)38-36(42)32(22-27-13-8-6-9-14-27)39(24-28-15-12-16-29(37)21-28)35(41)25-40(30-17-10-7-11-18-30)47(43,44)31-19-20-33(45-3)34(23-31)46-4/h6-21,23,26,32H,5,22,24-25H2,1-4H3,(H,38,42)/t26-,32+/m0/s1. The fraction of sp³-hybridized carbons (Fsp3) is 0.278. The Morgan fingerprint density at radius 1 is 0.830 bits per heavy atom. The number of anilines is 1. The summed E-state index contributed by atoms with van der Waals surface area (Å²) in [5.74, 6) is -0.266. The van der Waals surface area contributed by atoms with E-state index in [0.717, 1.165) is 19.9 Å². The Morgan fingerprint density at radius 2 is 1.47 bits per heavy atom. The molecule has 0 saturated carbocycles. The molecule has 11 heteroatoms. The van der Waals surface area contributed by atoms with E-state index in [9.17, 15) is 18.0 Å². The molecule has 9 nitrogen and oxygen atoms in total. The van der Waals surface area contributed by atoms with E-state index in [2.05, 4.69) is 21.2 Å². The molecule has 248 valence electrons. The zero-order valence-corrected chi connectivity index (χ0v) is 29.3. The molecule has 1 N–H and O–H groups in total. The van der Waals surface area contributed by atoms with Crippen molar-refractivity contribution in [3.63, 3.8) is 0 Å². The minimum absolute atomic E-state index is 0.0722. The van der Waals surface area contributed by atoms with Crippen LogP contribution in [-0.2, 0) is 32.6 Å². The highest BCUT2D eigenvalue weighted by Crippen LogP contribution is 2.32. The number of rotatable bonds is 15. The summed E-state index contributed by atoms with van der Waals surface area (Å²) in [7, 11) is -1.42. The van der Waals surface area contributed by atoms with Crippen LogP contribution >= 0.6 is 15.9 Å². The molecule has 0 aromatic heterocycles. The van der Waals surface area contributed by atoms with Crippen molar-refractivity contribution in [3.8, 4) is 11.5 Å². The smallest absolute Gasteiger partial charge is 0.264 e. The molecule has 0 aliphatic heterocycles. The number of benzene rings is 4. The van der Waals surface area contributed by atoms with Crippen LogP contribution in [0.25, 0.3) is 0 Å². The first-order valence-corrected chi connectivity index (χ1v) is 17.5. The normalized spacial score (nSPS) is 12.4. The summed E-state index contributed by atoms with van der Waals surface area (Å²) < 4.78 is 41.2. The molecule has 0 radical (unpaired) electrons. The van der Waals surface area contributed by atoms with Crippen LogP contribution in [0.3, 0.4) is 0 Å². The van der Waals surface area contributed by atoms with Crippen molar-refractivity contribution < 1.29 is 27.5 Å². The number of carbonyl (C=O) groups excluding carboxylic acids is 2. The van der Waals surface area contributed by atoms with Gasteiger partial charge in [0.05, 0.1) is 24.8 Å². The van der Waals surface area contributed by atoms with Gasteiger partial charge in [0.15, 0.2) is 11.5 Å². The van der Waals surface area contributed by atoms with Gasteiger partial charge in [-0.25, -0.2) is 8.42 Å². The highest BCUT2D eigenvalue weighted by Gasteiger charge is 2.35. The summed E-state index contributed by atoms with van der Waals surface area (Å²) in [6.45, 7) is 3.39. The van der Waals surface area contributed by atoms with Gasteiger partial charge in [-0.2, -0.15) is 0 Å². The molecular formula is C36H40BrN3O6S. The number of carbonyl (C=O) groups is 2. The number of methoxy groups -OCH3 is 2. The van der Waals surface area contributed by atoms with E-state index in [1.807, 2.05) is 68.4 Å². The van der Waals surface area contributed by atoms with Crippen LogP contribution in [0.15, 0.2) is 112 Å². The number of nitrogens with one attached hydrogen (secondary N) is 1. The average molecular weight is 723 g/mol. The van der Waals surface area contributed by atoms with Gasteiger partial charge in [-0.1, -0.05) is 83.5 Å². The second-order valence-electron chi connectivity index (χ2n) is 11.0. The number of halogens is 1. The number of nitrogens with zero attached hydrogens (tertiary/aromatic N) is 2. The first-order valence-electron chi connectivity index (χ1n) is 15.2. The topological polar surface area (TPSA) is 105 Å². The Bertz CT molecular complexity index is 1760. The molecule has 2 atom stereocenters. The molecule has 0 fully saturated rings. The van der Waals surface area contributed by atoms with Gasteiger partial charge >= 0.3 is 0 Å². The Morgan fingerprint density at radius 3 is 2.09 bits per heavy atom. The molecule has 0 bridgehead atoms. The Hall–Kier alpha value is -4.35.